The molecular formula is C66H79BrN6O8Si2. The molecule has 0 radical (unpaired) electrons. The summed E-state index contributed by atoms with van der Waals surface area (Å²) < 4.78 is 23.3. The molecule has 2 heterocycles. The third-order valence-corrected chi connectivity index (χ3v) is 18.8. The lowest BCUT2D eigenvalue weighted by molar-refractivity contribution is 0.0891. The highest BCUT2D eigenvalue weighted by atomic mass is 79.9. The number of aryl methyl sites for hydroxylation is 2. The van der Waals surface area contributed by atoms with Gasteiger partial charge in [-0.2, -0.15) is 10.5 Å². The van der Waals surface area contributed by atoms with E-state index < -0.39 is 27.0 Å². The van der Waals surface area contributed by atoms with Crippen LogP contribution in [-0.2, 0) is 33.4 Å². The molecule has 17 heteroatoms. The number of halogens is 1. The number of nitrogens with zero attached hydrogens (tertiary/aromatic N) is 5. The number of rotatable bonds is 19. The molecule has 6 aromatic rings. The van der Waals surface area contributed by atoms with E-state index in [-0.39, 0.29) is 37.1 Å². The molecule has 2 aliphatic rings. The van der Waals surface area contributed by atoms with Crippen molar-refractivity contribution in [2.24, 2.45) is 0 Å². The van der Waals surface area contributed by atoms with Gasteiger partial charge in [-0.1, -0.05) is 104 Å². The van der Waals surface area contributed by atoms with Crippen LogP contribution in [0.1, 0.15) is 103 Å². The second-order valence-corrected chi connectivity index (χ2v) is 36.4. The minimum atomic E-state index is -1.32. The largest absolute Gasteiger partial charge is 0.497 e. The van der Waals surface area contributed by atoms with Crippen LogP contribution >= 0.6 is 15.9 Å². The van der Waals surface area contributed by atoms with Crippen molar-refractivity contribution in [3.63, 3.8) is 0 Å². The van der Waals surface area contributed by atoms with Crippen molar-refractivity contribution in [2.75, 3.05) is 55.6 Å². The zero-order chi connectivity index (χ0) is 61.0. The van der Waals surface area contributed by atoms with E-state index in [1.54, 1.807) is 65.3 Å². The van der Waals surface area contributed by atoms with E-state index >= 15 is 0 Å². The van der Waals surface area contributed by atoms with Crippen molar-refractivity contribution >= 4 is 72.8 Å². The molecular weight excluding hydrogens is 1140 g/mol. The number of nitriles is 2. The molecule has 0 saturated heterocycles. The normalized spacial score (nSPS) is 12.8. The van der Waals surface area contributed by atoms with Gasteiger partial charge in [-0.05, 0) is 160 Å². The Morgan fingerprint density at radius 3 is 1.57 bits per heavy atom. The average Bonchev–Trinajstić information content (AvgIpc) is 4.16. The summed E-state index contributed by atoms with van der Waals surface area (Å²) in [7, 11) is 0.636. The molecule has 2 aliphatic heterocycles. The molecule has 83 heavy (non-hydrogen) atoms. The van der Waals surface area contributed by atoms with Gasteiger partial charge in [0.2, 0.25) is 0 Å². The average molecular weight is 1220 g/mol. The van der Waals surface area contributed by atoms with Crippen LogP contribution in [0, 0.1) is 36.5 Å². The van der Waals surface area contributed by atoms with Crippen LogP contribution < -0.4 is 29.5 Å². The molecule has 0 aromatic heterocycles. The number of carbonyl (C=O) groups is 4. The predicted octanol–water partition coefficient (Wildman–Crippen LogP) is 14.4. The summed E-state index contributed by atoms with van der Waals surface area (Å²) in [5.74, 6) is 0.876. The maximum Gasteiger partial charge on any atom is 0.260 e. The van der Waals surface area contributed by atoms with Crippen molar-refractivity contribution in [3.8, 4) is 23.6 Å². The third-order valence-electron chi connectivity index (χ3n) is 14.5. The lowest BCUT2D eigenvalue weighted by Gasteiger charge is -2.27. The Morgan fingerprint density at radius 2 is 1.10 bits per heavy atom. The van der Waals surface area contributed by atoms with E-state index in [2.05, 4.69) is 72.7 Å². The first-order valence-corrected chi connectivity index (χ1v) is 35.9. The molecule has 0 atom stereocenters. The van der Waals surface area contributed by atoms with Crippen LogP contribution in [-0.4, -0.2) is 80.7 Å². The summed E-state index contributed by atoms with van der Waals surface area (Å²) >= 11 is 3.57. The van der Waals surface area contributed by atoms with E-state index in [1.807, 2.05) is 126 Å². The van der Waals surface area contributed by atoms with E-state index in [1.165, 1.54) is 0 Å². The van der Waals surface area contributed by atoms with Gasteiger partial charge in [-0.15, -0.1) is 0 Å². The smallest absolute Gasteiger partial charge is 0.260 e. The second-order valence-electron chi connectivity index (χ2n) is 24.3. The summed E-state index contributed by atoms with van der Waals surface area (Å²) in [6.07, 6.45) is 0. The van der Waals surface area contributed by atoms with E-state index in [0.29, 0.717) is 54.4 Å². The summed E-state index contributed by atoms with van der Waals surface area (Å²) in [6.45, 7) is 27.6. The van der Waals surface area contributed by atoms with E-state index in [4.69, 9.17) is 18.9 Å². The van der Waals surface area contributed by atoms with Gasteiger partial charge in [-0.3, -0.25) is 29.0 Å². The number of anilines is 3. The second kappa shape index (κ2) is 27.8. The van der Waals surface area contributed by atoms with E-state index in [9.17, 15) is 29.7 Å². The standard InChI is InChI=1S/C33H39N3O4Si.C24H31BrN2O2Si.C9H9NO2/c1-23-11-13-27(18-30(23)35-20-25-12-14-28(39-4)19-29(25)32(35)38)36(22-40-15-16-41(5,6)7)31(37)24-9-8-10-26(17-24)33(2,3)21-34;1-18-10-11-21(15-22(18)25)27(17-29-12-13-30(4,5)6)23(28)19-8-7-9-20(14-19)24(2,3)16-26;1-12-7-3-2-6-5-10-9(11)8(6)4-7/h8-14,17-19H,15-16,20,22H2,1-7H3;7-11,14-15H,12-13,17H2,1-6H3;2-4H,5H2,1H3,(H,10,11). The highest BCUT2D eigenvalue weighted by molar-refractivity contribution is 9.10. The monoisotopic (exact) mass is 1220 g/mol. The number of methoxy groups -OCH3 is 2. The van der Waals surface area contributed by atoms with Crippen LogP contribution in [0.3, 0.4) is 0 Å². The minimum Gasteiger partial charge on any atom is -0.497 e. The van der Waals surface area contributed by atoms with Crippen LogP contribution in [0.5, 0.6) is 11.5 Å². The van der Waals surface area contributed by atoms with Gasteiger partial charge in [0.15, 0.2) is 0 Å². The zero-order valence-corrected chi connectivity index (χ0v) is 54.2. The predicted molar refractivity (Wildman–Crippen MR) is 339 cm³/mol. The highest BCUT2D eigenvalue weighted by Crippen LogP contribution is 2.36. The quantitative estimate of drug-likeness (QED) is 0.0467. The Morgan fingerprint density at radius 1 is 0.627 bits per heavy atom. The molecule has 0 unspecified atom stereocenters. The minimum absolute atomic E-state index is 0.0103. The van der Waals surface area contributed by atoms with Gasteiger partial charge < -0.3 is 29.2 Å². The fraction of sp³-hybridized carbons (Fsp3) is 0.364. The highest BCUT2D eigenvalue weighted by Gasteiger charge is 2.32. The number of amides is 4. The Kier molecular flexibility index (Phi) is 21.7. The molecule has 8 rings (SSSR count). The number of carbonyl (C=O) groups excluding carboxylic acids is 4. The van der Waals surface area contributed by atoms with Crippen molar-refractivity contribution in [3.05, 3.63) is 181 Å². The van der Waals surface area contributed by atoms with Crippen molar-refractivity contribution < 1.29 is 38.1 Å². The van der Waals surface area contributed by atoms with Crippen molar-refractivity contribution in [2.45, 2.75) is 117 Å². The molecule has 0 saturated carbocycles. The number of benzene rings is 6. The lowest BCUT2D eigenvalue weighted by Crippen LogP contribution is -2.35. The number of hydrogen-bond acceptors (Lipinski definition) is 10. The lowest BCUT2D eigenvalue weighted by atomic mass is 9.85. The number of nitrogens with one attached hydrogen (secondary N) is 1. The Labute approximate surface area is 501 Å². The van der Waals surface area contributed by atoms with Crippen LogP contribution in [0.4, 0.5) is 17.1 Å². The topological polar surface area (TPSA) is 175 Å². The van der Waals surface area contributed by atoms with Crippen LogP contribution in [0.2, 0.25) is 51.4 Å². The Hall–Kier alpha value is -7.39. The van der Waals surface area contributed by atoms with Crippen LogP contribution in [0.15, 0.2) is 126 Å². The Balaban J connectivity index is 0.000000228. The molecule has 0 bridgehead atoms. The summed E-state index contributed by atoms with van der Waals surface area (Å²) in [5.41, 5.74) is 8.69. The zero-order valence-electron chi connectivity index (χ0n) is 50.6. The Bertz CT molecular complexity index is 3430. The third kappa shape index (κ3) is 17.1. The van der Waals surface area contributed by atoms with Crippen molar-refractivity contribution in [1.82, 2.24) is 5.32 Å². The maximum atomic E-state index is 14.0. The van der Waals surface area contributed by atoms with Crippen molar-refractivity contribution in [1.29, 1.82) is 10.5 Å². The fourth-order valence-corrected chi connectivity index (χ4v) is 10.7. The summed E-state index contributed by atoms with van der Waals surface area (Å²) in [6, 6.07) is 43.8. The summed E-state index contributed by atoms with van der Waals surface area (Å²) in [4.78, 5) is 57.1. The molecule has 436 valence electrons. The molecule has 4 amide bonds. The number of fused-ring (bicyclic) bond motifs is 2. The molecule has 0 aliphatic carbocycles. The molecule has 0 spiro atoms. The molecule has 0 fully saturated rings. The number of hydrogen-bond donors (Lipinski definition) is 1. The molecule has 1 N–H and O–H groups in total. The first kappa shape index (κ1) is 64.8. The van der Waals surface area contributed by atoms with Crippen LogP contribution in [0.25, 0.3) is 0 Å². The molecule has 14 nitrogen and oxygen atoms in total. The van der Waals surface area contributed by atoms with Gasteiger partial charge >= 0.3 is 0 Å². The van der Waals surface area contributed by atoms with Gasteiger partial charge in [0.1, 0.15) is 25.0 Å². The van der Waals surface area contributed by atoms with Gasteiger partial charge in [-0.25, -0.2) is 0 Å². The SMILES string of the molecule is COc1ccc2c(c1)C(=O)N(c1cc(N(COCC[Si](C)(C)C)C(=O)c3cccc(C(C)(C)C#N)c3)ccc1C)C2.COc1ccc2c(c1)C(=O)NC2.Cc1ccc(N(COCC[Si](C)(C)C)C(=O)c2cccc(C(C)(C)C#N)c2)cc1Br. The molecule has 6 aromatic carbocycles. The maximum absolute atomic E-state index is 14.0. The first-order chi connectivity index (χ1) is 39.1. The van der Waals surface area contributed by atoms with E-state index in [0.717, 1.165) is 72.6 Å². The van der Waals surface area contributed by atoms with Gasteiger partial charge in [0.25, 0.3) is 23.6 Å². The summed E-state index contributed by atoms with van der Waals surface area (Å²) in [5, 5.41) is 21.9. The van der Waals surface area contributed by atoms with Gasteiger partial charge in [0.05, 0.1) is 43.7 Å². The fourth-order valence-electron chi connectivity index (χ4n) is 8.82. The number of ether oxygens (including phenoxy) is 4. The first-order valence-electron chi connectivity index (χ1n) is 27.7. The van der Waals surface area contributed by atoms with Gasteiger partial charge in [0, 0.05) is 79.7 Å².